The monoisotopic (exact) mass is 299 g/mol. The van der Waals surface area contributed by atoms with Gasteiger partial charge in [0, 0.05) is 13.1 Å². The van der Waals surface area contributed by atoms with Crippen LogP contribution in [0.15, 0.2) is 41.8 Å². The Hall–Kier alpha value is -1.44. The minimum absolute atomic E-state index is 0.118. The number of nitrogens with one attached hydrogen (secondary N) is 2. The first kappa shape index (κ1) is 15.6. The van der Waals surface area contributed by atoms with Crippen molar-refractivity contribution in [1.29, 1.82) is 0 Å². The average molecular weight is 299 g/mol. The predicted octanol–water partition coefficient (Wildman–Crippen LogP) is 0.527. The summed E-state index contributed by atoms with van der Waals surface area (Å²) in [5.41, 5.74) is 1.01. The second kappa shape index (κ2) is 7.22. The number of rotatable bonds is 6. The molecule has 0 aliphatic carbocycles. The van der Waals surface area contributed by atoms with Crippen molar-refractivity contribution in [3.63, 3.8) is 0 Å². The van der Waals surface area contributed by atoms with Gasteiger partial charge in [0.15, 0.2) is 5.11 Å². The number of benzene rings is 1. The van der Waals surface area contributed by atoms with Gasteiger partial charge in [-0.15, -0.1) is 6.58 Å². The second-order valence-corrected chi connectivity index (χ2v) is 5.83. The minimum atomic E-state index is -3.62. The number of hydrogen-bond donors (Lipinski definition) is 3. The normalized spacial score (nSPS) is 10.8. The Morgan fingerprint density at radius 2 is 1.95 bits per heavy atom. The Kier molecular flexibility index (Phi) is 5.94. The fourth-order valence-electron chi connectivity index (χ4n) is 1.39. The standard InChI is InChI=1S/C12H17N3O2S2/c1-2-8-14-12(18)15-9-7-10-3-5-11(6-4-10)19(13,16)17/h2-6H,1,7-9H2,(H2,13,16,17)(H2,14,15,18). The lowest BCUT2D eigenvalue weighted by atomic mass is 10.1. The van der Waals surface area contributed by atoms with E-state index in [2.05, 4.69) is 17.2 Å². The van der Waals surface area contributed by atoms with Crippen LogP contribution in [0.3, 0.4) is 0 Å². The van der Waals surface area contributed by atoms with Gasteiger partial charge in [-0.05, 0) is 36.3 Å². The Labute approximate surface area is 118 Å². The smallest absolute Gasteiger partial charge is 0.238 e. The third-order valence-electron chi connectivity index (χ3n) is 2.36. The summed E-state index contributed by atoms with van der Waals surface area (Å²) in [5.74, 6) is 0. The van der Waals surface area contributed by atoms with Crippen molar-refractivity contribution in [2.24, 2.45) is 5.14 Å². The number of hydrogen-bond acceptors (Lipinski definition) is 3. The van der Waals surface area contributed by atoms with Gasteiger partial charge in [-0.3, -0.25) is 0 Å². The van der Waals surface area contributed by atoms with Crippen molar-refractivity contribution in [2.75, 3.05) is 13.1 Å². The topological polar surface area (TPSA) is 84.2 Å². The molecule has 0 bridgehead atoms. The fourth-order valence-corrected chi connectivity index (χ4v) is 2.09. The molecular formula is C12H17N3O2S2. The first-order chi connectivity index (χ1) is 8.93. The van der Waals surface area contributed by atoms with Crippen LogP contribution < -0.4 is 15.8 Å². The van der Waals surface area contributed by atoms with Crippen LogP contribution in [0.2, 0.25) is 0 Å². The quantitative estimate of drug-likeness (QED) is 0.527. The van der Waals surface area contributed by atoms with E-state index in [9.17, 15) is 8.42 Å². The molecule has 4 N–H and O–H groups in total. The average Bonchev–Trinajstić information content (AvgIpc) is 2.36. The first-order valence-electron chi connectivity index (χ1n) is 5.68. The van der Waals surface area contributed by atoms with E-state index in [4.69, 9.17) is 17.4 Å². The summed E-state index contributed by atoms with van der Waals surface area (Å²) in [6.07, 6.45) is 2.46. The molecule has 0 heterocycles. The highest BCUT2D eigenvalue weighted by atomic mass is 32.2. The van der Waals surface area contributed by atoms with Crippen molar-refractivity contribution in [1.82, 2.24) is 10.6 Å². The lowest BCUT2D eigenvalue weighted by molar-refractivity contribution is 0.598. The molecular weight excluding hydrogens is 282 g/mol. The van der Waals surface area contributed by atoms with E-state index in [1.54, 1.807) is 18.2 Å². The zero-order valence-electron chi connectivity index (χ0n) is 10.4. The maximum atomic E-state index is 11.1. The Bertz CT molecular complexity index is 539. The van der Waals surface area contributed by atoms with E-state index >= 15 is 0 Å². The summed E-state index contributed by atoms with van der Waals surface area (Å²) in [5, 5.41) is 11.6. The Morgan fingerprint density at radius 3 is 2.47 bits per heavy atom. The summed E-state index contributed by atoms with van der Waals surface area (Å²) in [6, 6.07) is 6.47. The predicted molar refractivity (Wildman–Crippen MR) is 80.3 cm³/mol. The molecule has 0 saturated carbocycles. The van der Waals surface area contributed by atoms with E-state index in [1.165, 1.54) is 12.1 Å². The lowest BCUT2D eigenvalue weighted by Gasteiger charge is -2.09. The summed E-state index contributed by atoms with van der Waals surface area (Å²) in [4.78, 5) is 0.118. The SMILES string of the molecule is C=CCNC(=S)NCCc1ccc(S(N)(=O)=O)cc1. The highest BCUT2D eigenvalue weighted by Crippen LogP contribution is 2.08. The van der Waals surface area contributed by atoms with Gasteiger partial charge in [-0.25, -0.2) is 13.6 Å². The minimum Gasteiger partial charge on any atom is -0.362 e. The van der Waals surface area contributed by atoms with Crippen LogP contribution in [0.1, 0.15) is 5.56 Å². The van der Waals surface area contributed by atoms with Gasteiger partial charge in [0.2, 0.25) is 10.0 Å². The molecule has 0 aromatic heterocycles. The summed E-state index contributed by atoms with van der Waals surface area (Å²) >= 11 is 5.04. The molecule has 0 fully saturated rings. The van der Waals surface area contributed by atoms with Gasteiger partial charge in [0.25, 0.3) is 0 Å². The maximum absolute atomic E-state index is 11.1. The zero-order chi connectivity index (χ0) is 14.3. The summed E-state index contributed by atoms with van der Waals surface area (Å²) < 4.78 is 22.2. The van der Waals surface area contributed by atoms with E-state index in [0.717, 1.165) is 12.0 Å². The molecule has 5 nitrogen and oxygen atoms in total. The van der Waals surface area contributed by atoms with Gasteiger partial charge < -0.3 is 10.6 Å². The molecule has 0 aliphatic rings. The molecule has 1 aromatic carbocycles. The van der Waals surface area contributed by atoms with Crippen molar-refractivity contribution < 1.29 is 8.42 Å². The maximum Gasteiger partial charge on any atom is 0.238 e. The molecule has 0 amide bonds. The highest BCUT2D eigenvalue weighted by molar-refractivity contribution is 7.89. The van der Waals surface area contributed by atoms with Gasteiger partial charge in [0.1, 0.15) is 0 Å². The fraction of sp³-hybridized carbons (Fsp3) is 0.250. The molecule has 0 spiro atoms. The van der Waals surface area contributed by atoms with Crippen LogP contribution in [0.5, 0.6) is 0 Å². The molecule has 0 aliphatic heterocycles. The van der Waals surface area contributed by atoms with E-state index < -0.39 is 10.0 Å². The third-order valence-corrected chi connectivity index (χ3v) is 3.58. The molecule has 1 aromatic rings. The lowest BCUT2D eigenvalue weighted by Crippen LogP contribution is -2.36. The second-order valence-electron chi connectivity index (χ2n) is 3.86. The van der Waals surface area contributed by atoms with Gasteiger partial charge in [-0.2, -0.15) is 0 Å². The van der Waals surface area contributed by atoms with Crippen LogP contribution in [-0.2, 0) is 16.4 Å². The summed E-state index contributed by atoms with van der Waals surface area (Å²) in [6.45, 7) is 4.86. The molecule has 0 saturated heterocycles. The number of primary sulfonamides is 1. The van der Waals surface area contributed by atoms with Gasteiger partial charge in [0.05, 0.1) is 4.90 Å². The number of nitrogens with two attached hydrogens (primary N) is 1. The van der Waals surface area contributed by atoms with Crippen molar-refractivity contribution in [3.8, 4) is 0 Å². The molecule has 104 valence electrons. The highest BCUT2D eigenvalue weighted by Gasteiger charge is 2.06. The van der Waals surface area contributed by atoms with Gasteiger partial charge >= 0.3 is 0 Å². The number of thiocarbonyl (C=S) groups is 1. The summed E-state index contributed by atoms with van der Waals surface area (Å²) in [7, 11) is -3.62. The van der Waals surface area contributed by atoms with E-state index in [0.29, 0.717) is 18.2 Å². The Balaban J connectivity index is 2.42. The molecule has 7 heteroatoms. The molecule has 1 rings (SSSR count). The van der Waals surface area contributed by atoms with Crippen LogP contribution in [0, 0.1) is 0 Å². The largest absolute Gasteiger partial charge is 0.362 e. The first-order valence-corrected chi connectivity index (χ1v) is 7.63. The van der Waals surface area contributed by atoms with Crippen LogP contribution >= 0.6 is 12.2 Å². The van der Waals surface area contributed by atoms with Crippen molar-refractivity contribution >= 4 is 27.4 Å². The van der Waals surface area contributed by atoms with Crippen LogP contribution in [0.25, 0.3) is 0 Å². The molecule has 19 heavy (non-hydrogen) atoms. The van der Waals surface area contributed by atoms with E-state index in [-0.39, 0.29) is 4.90 Å². The molecule has 0 atom stereocenters. The third kappa shape index (κ3) is 5.82. The molecule has 0 radical (unpaired) electrons. The zero-order valence-corrected chi connectivity index (χ0v) is 12.1. The molecule has 0 unspecified atom stereocenters. The van der Waals surface area contributed by atoms with Gasteiger partial charge in [-0.1, -0.05) is 18.2 Å². The number of sulfonamides is 1. The van der Waals surface area contributed by atoms with Crippen LogP contribution in [0.4, 0.5) is 0 Å². The van der Waals surface area contributed by atoms with Crippen molar-refractivity contribution in [3.05, 3.63) is 42.5 Å². The van der Waals surface area contributed by atoms with Crippen LogP contribution in [-0.4, -0.2) is 26.6 Å². The van der Waals surface area contributed by atoms with E-state index in [1.807, 2.05) is 0 Å². The Morgan fingerprint density at radius 1 is 1.32 bits per heavy atom. The van der Waals surface area contributed by atoms with Crippen molar-refractivity contribution in [2.45, 2.75) is 11.3 Å².